The second-order valence-corrected chi connectivity index (χ2v) is 4.98. The number of aromatic nitrogens is 1. The van der Waals surface area contributed by atoms with Crippen LogP contribution in [0.2, 0.25) is 0 Å². The van der Waals surface area contributed by atoms with E-state index in [2.05, 4.69) is 20.9 Å². The predicted molar refractivity (Wildman–Crippen MR) is 66.4 cm³/mol. The number of amides is 2. The van der Waals surface area contributed by atoms with E-state index in [1.807, 2.05) is 6.92 Å². The maximum absolute atomic E-state index is 12.2. The van der Waals surface area contributed by atoms with Gasteiger partial charge >= 0.3 is 0 Å². The van der Waals surface area contributed by atoms with Crippen LogP contribution in [0.1, 0.15) is 30.3 Å². The summed E-state index contributed by atoms with van der Waals surface area (Å²) in [5.74, 6) is -0.119. The molecule has 0 spiro atoms. The minimum atomic E-state index is -0.307. The standard InChI is InChI=1S/C12H13BrN2O2/c1-2-8-6-10(16)15(7-8)12(17)11-9(13)4-3-5-14-11/h3-5,8H,2,6-7H2,1H3. The van der Waals surface area contributed by atoms with E-state index in [-0.39, 0.29) is 17.7 Å². The van der Waals surface area contributed by atoms with Crippen LogP contribution in [0, 0.1) is 5.92 Å². The second kappa shape index (κ2) is 4.96. The highest BCUT2D eigenvalue weighted by Gasteiger charge is 2.34. The number of pyridine rings is 1. The van der Waals surface area contributed by atoms with Gasteiger partial charge in [0, 0.05) is 23.6 Å². The van der Waals surface area contributed by atoms with Gasteiger partial charge in [0.15, 0.2) is 0 Å². The van der Waals surface area contributed by atoms with Gasteiger partial charge in [0.05, 0.1) is 0 Å². The fourth-order valence-electron chi connectivity index (χ4n) is 1.92. The maximum Gasteiger partial charge on any atom is 0.280 e. The van der Waals surface area contributed by atoms with E-state index in [4.69, 9.17) is 0 Å². The van der Waals surface area contributed by atoms with Crippen molar-refractivity contribution in [1.29, 1.82) is 0 Å². The molecule has 0 aromatic carbocycles. The Morgan fingerprint density at radius 2 is 2.41 bits per heavy atom. The molecular weight excluding hydrogens is 284 g/mol. The molecule has 1 aliphatic heterocycles. The SMILES string of the molecule is CCC1CC(=O)N(C(=O)c2ncccc2Br)C1. The first-order valence-corrected chi connectivity index (χ1v) is 6.38. The molecule has 2 amide bonds. The minimum Gasteiger partial charge on any atom is -0.277 e. The summed E-state index contributed by atoms with van der Waals surface area (Å²) in [7, 11) is 0. The van der Waals surface area contributed by atoms with Gasteiger partial charge in [0.1, 0.15) is 5.69 Å². The molecule has 0 N–H and O–H groups in total. The average molecular weight is 297 g/mol. The quantitative estimate of drug-likeness (QED) is 0.787. The minimum absolute atomic E-state index is 0.0978. The Balaban J connectivity index is 2.22. The zero-order valence-electron chi connectivity index (χ0n) is 9.52. The molecule has 2 rings (SSSR count). The molecule has 1 aromatic heterocycles. The van der Waals surface area contributed by atoms with Crippen LogP contribution in [-0.4, -0.2) is 28.2 Å². The fraction of sp³-hybridized carbons (Fsp3) is 0.417. The largest absolute Gasteiger partial charge is 0.280 e. The molecule has 1 aromatic rings. The van der Waals surface area contributed by atoms with Crippen molar-refractivity contribution < 1.29 is 9.59 Å². The number of halogens is 1. The monoisotopic (exact) mass is 296 g/mol. The van der Waals surface area contributed by atoms with Crippen molar-refractivity contribution in [3.8, 4) is 0 Å². The van der Waals surface area contributed by atoms with Gasteiger partial charge in [-0.15, -0.1) is 0 Å². The smallest absolute Gasteiger partial charge is 0.277 e. The topological polar surface area (TPSA) is 50.3 Å². The lowest BCUT2D eigenvalue weighted by molar-refractivity contribution is -0.125. The van der Waals surface area contributed by atoms with Crippen LogP contribution in [0.5, 0.6) is 0 Å². The van der Waals surface area contributed by atoms with Crippen LogP contribution in [0.3, 0.4) is 0 Å². The molecule has 1 atom stereocenters. The van der Waals surface area contributed by atoms with Gasteiger partial charge in [-0.3, -0.25) is 14.5 Å². The molecule has 0 radical (unpaired) electrons. The van der Waals surface area contributed by atoms with Crippen molar-refractivity contribution in [3.63, 3.8) is 0 Å². The van der Waals surface area contributed by atoms with E-state index in [0.29, 0.717) is 23.1 Å². The molecule has 0 aliphatic carbocycles. The first-order chi connectivity index (χ1) is 8.13. The molecule has 90 valence electrons. The van der Waals surface area contributed by atoms with Gasteiger partial charge in [-0.25, -0.2) is 4.98 Å². The van der Waals surface area contributed by atoms with Crippen LogP contribution < -0.4 is 0 Å². The Morgan fingerprint density at radius 1 is 1.65 bits per heavy atom. The molecular formula is C12H13BrN2O2. The van der Waals surface area contributed by atoms with Gasteiger partial charge in [0.2, 0.25) is 5.91 Å². The lowest BCUT2D eigenvalue weighted by Gasteiger charge is -2.14. The van der Waals surface area contributed by atoms with Crippen molar-refractivity contribution in [1.82, 2.24) is 9.88 Å². The summed E-state index contributed by atoms with van der Waals surface area (Å²) in [6, 6.07) is 3.49. The van der Waals surface area contributed by atoms with Crippen molar-refractivity contribution in [2.75, 3.05) is 6.54 Å². The first kappa shape index (κ1) is 12.2. The van der Waals surface area contributed by atoms with Crippen LogP contribution >= 0.6 is 15.9 Å². The lowest BCUT2D eigenvalue weighted by atomic mass is 10.1. The number of hydrogen-bond acceptors (Lipinski definition) is 3. The number of likely N-dealkylation sites (tertiary alicyclic amines) is 1. The van der Waals surface area contributed by atoms with E-state index in [1.54, 1.807) is 18.3 Å². The Hall–Kier alpha value is -1.23. The average Bonchev–Trinajstić information content (AvgIpc) is 2.70. The Kier molecular flexibility index (Phi) is 3.57. The molecule has 0 bridgehead atoms. The fourth-order valence-corrected chi connectivity index (χ4v) is 2.35. The number of imide groups is 1. The van der Waals surface area contributed by atoms with Gasteiger partial charge in [-0.05, 0) is 34.0 Å². The summed E-state index contributed by atoms with van der Waals surface area (Å²) in [6.45, 7) is 2.54. The highest BCUT2D eigenvalue weighted by atomic mass is 79.9. The van der Waals surface area contributed by atoms with Crippen LogP contribution in [0.4, 0.5) is 0 Å². The van der Waals surface area contributed by atoms with E-state index in [1.165, 1.54) is 4.90 Å². The molecule has 17 heavy (non-hydrogen) atoms. The summed E-state index contributed by atoms with van der Waals surface area (Å²) in [5, 5.41) is 0. The molecule has 2 heterocycles. The normalized spacial score (nSPS) is 19.8. The molecule has 1 unspecified atom stereocenters. The third kappa shape index (κ3) is 2.39. The molecule has 5 heteroatoms. The van der Waals surface area contributed by atoms with Crippen molar-refractivity contribution in [3.05, 3.63) is 28.5 Å². The third-order valence-electron chi connectivity index (χ3n) is 2.99. The van der Waals surface area contributed by atoms with Gasteiger partial charge < -0.3 is 0 Å². The van der Waals surface area contributed by atoms with E-state index >= 15 is 0 Å². The summed E-state index contributed by atoms with van der Waals surface area (Å²) in [5.41, 5.74) is 0.303. The molecule has 1 aliphatic rings. The van der Waals surface area contributed by atoms with Gasteiger partial charge in [-0.1, -0.05) is 13.3 Å². The predicted octanol–water partition coefficient (Wildman–Crippen LogP) is 2.24. The van der Waals surface area contributed by atoms with Crippen molar-refractivity contribution in [2.24, 2.45) is 5.92 Å². The highest BCUT2D eigenvalue weighted by Crippen LogP contribution is 2.24. The molecule has 0 saturated carbocycles. The molecule has 1 saturated heterocycles. The third-order valence-corrected chi connectivity index (χ3v) is 3.63. The zero-order valence-corrected chi connectivity index (χ0v) is 11.1. The van der Waals surface area contributed by atoms with Crippen LogP contribution in [-0.2, 0) is 4.79 Å². The van der Waals surface area contributed by atoms with Crippen LogP contribution in [0.15, 0.2) is 22.8 Å². The van der Waals surface area contributed by atoms with Crippen molar-refractivity contribution >= 4 is 27.7 Å². The Morgan fingerprint density at radius 3 is 3.00 bits per heavy atom. The summed E-state index contributed by atoms with van der Waals surface area (Å²) < 4.78 is 0.623. The molecule has 1 fully saturated rings. The van der Waals surface area contributed by atoms with E-state index in [0.717, 1.165) is 6.42 Å². The number of nitrogens with zero attached hydrogens (tertiary/aromatic N) is 2. The van der Waals surface area contributed by atoms with Gasteiger partial charge in [0.25, 0.3) is 5.91 Å². The lowest BCUT2D eigenvalue weighted by Crippen LogP contribution is -2.33. The number of carbonyl (C=O) groups is 2. The summed E-state index contributed by atoms with van der Waals surface area (Å²) in [6.07, 6.45) is 2.93. The molecule has 4 nitrogen and oxygen atoms in total. The van der Waals surface area contributed by atoms with E-state index in [9.17, 15) is 9.59 Å². The Bertz CT molecular complexity index is 462. The first-order valence-electron chi connectivity index (χ1n) is 5.58. The zero-order chi connectivity index (χ0) is 12.4. The number of hydrogen-bond donors (Lipinski definition) is 0. The van der Waals surface area contributed by atoms with Crippen LogP contribution in [0.25, 0.3) is 0 Å². The number of rotatable bonds is 2. The summed E-state index contributed by atoms with van der Waals surface area (Å²) >= 11 is 3.27. The highest BCUT2D eigenvalue weighted by molar-refractivity contribution is 9.10. The van der Waals surface area contributed by atoms with Crippen molar-refractivity contribution in [2.45, 2.75) is 19.8 Å². The van der Waals surface area contributed by atoms with E-state index < -0.39 is 0 Å². The number of carbonyl (C=O) groups excluding carboxylic acids is 2. The summed E-state index contributed by atoms with van der Waals surface area (Å²) in [4.78, 5) is 29.2. The maximum atomic E-state index is 12.2. The Labute approximate surface area is 108 Å². The van der Waals surface area contributed by atoms with Gasteiger partial charge in [-0.2, -0.15) is 0 Å². The second-order valence-electron chi connectivity index (χ2n) is 4.12.